The number of rotatable bonds is 32. The molecule has 0 bridgehead atoms. The first-order valence-corrected chi connectivity index (χ1v) is 20.4. The van der Waals surface area contributed by atoms with Crippen molar-refractivity contribution in [2.24, 2.45) is 0 Å². The number of allylic oxidation sites excluding steroid dienone is 6. The van der Waals surface area contributed by atoms with Crippen LogP contribution in [0.2, 0.25) is 0 Å². The quantitative estimate of drug-likeness (QED) is 0.0333. The van der Waals surface area contributed by atoms with Gasteiger partial charge in [0.05, 0.1) is 25.4 Å². The van der Waals surface area contributed by atoms with E-state index in [0.29, 0.717) is 19.3 Å². The fraction of sp³-hybridized carbons (Fsp3) is 0.829. The van der Waals surface area contributed by atoms with Crippen LogP contribution in [0.25, 0.3) is 0 Å². The molecular weight excluding hydrogens is 666 g/mol. The summed E-state index contributed by atoms with van der Waals surface area (Å²) in [5, 5.41) is 75.2. The highest BCUT2D eigenvalue weighted by molar-refractivity contribution is 5.80. The van der Waals surface area contributed by atoms with Crippen LogP contribution < -0.4 is 5.32 Å². The van der Waals surface area contributed by atoms with Gasteiger partial charge >= 0.3 is 0 Å². The predicted octanol–water partition coefficient (Wildman–Crippen LogP) is 5.27. The molecular formula is C41H75NO10. The first kappa shape index (κ1) is 48.3. The SMILES string of the molecule is CCC/C=C/CC/C=C/CC/C=C/CCCC(O)C(O)C(COC1OC(CO)C(O)C(O)C1O)NC(=O)C(O)CCCCCCCCCCCCC. The highest BCUT2D eigenvalue weighted by Crippen LogP contribution is 2.23. The maximum Gasteiger partial charge on any atom is 0.249 e. The highest BCUT2D eigenvalue weighted by atomic mass is 16.7. The molecule has 1 aliphatic rings. The number of hydrogen-bond donors (Lipinski definition) is 8. The van der Waals surface area contributed by atoms with Crippen molar-refractivity contribution < 1.29 is 50.0 Å². The third-order valence-electron chi connectivity index (χ3n) is 9.63. The first-order chi connectivity index (χ1) is 25.2. The van der Waals surface area contributed by atoms with Crippen LogP contribution in [0.4, 0.5) is 0 Å². The van der Waals surface area contributed by atoms with Crippen molar-refractivity contribution in [1.29, 1.82) is 0 Å². The molecule has 1 rings (SSSR count). The minimum atomic E-state index is -1.67. The number of hydrogen-bond acceptors (Lipinski definition) is 10. The van der Waals surface area contributed by atoms with Crippen LogP contribution in [-0.4, -0.2) is 110 Å². The number of aliphatic hydroxyl groups excluding tert-OH is 7. The van der Waals surface area contributed by atoms with Crippen LogP contribution in [0, 0.1) is 0 Å². The van der Waals surface area contributed by atoms with Crippen LogP contribution in [0.15, 0.2) is 36.5 Å². The Labute approximate surface area is 314 Å². The van der Waals surface area contributed by atoms with Crippen LogP contribution in [-0.2, 0) is 14.3 Å². The molecule has 8 N–H and O–H groups in total. The molecule has 0 spiro atoms. The summed E-state index contributed by atoms with van der Waals surface area (Å²) in [4.78, 5) is 13.0. The Kier molecular flexibility index (Phi) is 29.4. The molecule has 1 aliphatic heterocycles. The van der Waals surface area contributed by atoms with E-state index in [9.17, 15) is 40.5 Å². The van der Waals surface area contributed by atoms with Crippen molar-refractivity contribution in [2.75, 3.05) is 13.2 Å². The van der Waals surface area contributed by atoms with E-state index in [1.54, 1.807) is 0 Å². The fourth-order valence-corrected chi connectivity index (χ4v) is 6.18. The average molecular weight is 742 g/mol. The third-order valence-corrected chi connectivity index (χ3v) is 9.63. The van der Waals surface area contributed by atoms with Gasteiger partial charge in [-0.15, -0.1) is 0 Å². The van der Waals surface area contributed by atoms with Crippen molar-refractivity contribution >= 4 is 5.91 Å². The van der Waals surface area contributed by atoms with Crippen LogP contribution in [0.1, 0.15) is 149 Å². The van der Waals surface area contributed by atoms with Gasteiger partial charge in [-0.3, -0.25) is 4.79 Å². The molecule has 0 aromatic carbocycles. The Morgan fingerprint density at radius 2 is 1.17 bits per heavy atom. The normalized spacial score (nSPS) is 23.4. The van der Waals surface area contributed by atoms with Crippen molar-refractivity contribution in [3.8, 4) is 0 Å². The van der Waals surface area contributed by atoms with E-state index >= 15 is 0 Å². The molecule has 11 heteroatoms. The lowest BCUT2D eigenvalue weighted by molar-refractivity contribution is -0.303. The zero-order valence-electron chi connectivity index (χ0n) is 32.3. The van der Waals surface area contributed by atoms with E-state index in [4.69, 9.17) is 9.47 Å². The first-order valence-electron chi connectivity index (χ1n) is 20.4. The van der Waals surface area contributed by atoms with Gasteiger partial charge in [0.25, 0.3) is 0 Å². The number of carbonyl (C=O) groups is 1. The molecule has 0 aromatic rings. The minimum Gasteiger partial charge on any atom is -0.394 e. The molecule has 9 unspecified atom stereocenters. The molecule has 0 aliphatic carbocycles. The van der Waals surface area contributed by atoms with Gasteiger partial charge in [-0.2, -0.15) is 0 Å². The maximum atomic E-state index is 13.0. The number of unbranched alkanes of at least 4 members (excludes halogenated alkanes) is 14. The Hall–Kier alpha value is -1.67. The fourth-order valence-electron chi connectivity index (χ4n) is 6.18. The lowest BCUT2D eigenvalue weighted by atomic mass is 9.98. The highest BCUT2D eigenvalue weighted by Gasteiger charge is 2.44. The minimum absolute atomic E-state index is 0.241. The van der Waals surface area contributed by atoms with Gasteiger partial charge in [-0.05, 0) is 57.8 Å². The van der Waals surface area contributed by atoms with Crippen LogP contribution in [0.5, 0.6) is 0 Å². The molecule has 1 amide bonds. The monoisotopic (exact) mass is 742 g/mol. The standard InChI is InChI=1S/C41H75NO10/c1-3-5-7-9-11-13-15-16-17-19-20-22-24-26-28-33(44)36(46)32(31-51-41-39(49)38(48)37(47)35(30-43)52-41)42-40(50)34(45)29-27-25-23-21-18-14-12-10-8-6-4-2/h7,9,15-16,20,22,32-39,41,43-49H,3-6,8,10-14,17-19,21,23-31H2,1-2H3,(H,42,50)/b9-7+,16-15+,22-20+. The largest absolute Gasteiger partial charge is 0.394 e. The molecule has 1 fully saturated rings. The summed E-state index contributed by atoms with van der Waals surface area (Å²) in [5.74, 6) is -0.717. The Balaban J connectivity index is 2.59. The summed E-state index contributed by atoms with van der Waals surface area (Å²) in [7, 11) is 0. The van der Waals surface area contributed by atoms with Gasteiger partial charge in [0.15, 0.2) is 6.29 Å². The lowest BCUT2D eigenvalue weighted by Gasteiger charge is -2.40. The number of carbonyl (C=O) groups excluding carboxylic acids is 1. The summed E-state index contributed by atoms with van der Waals surface area (Å²) in [6, 6.07) is -1.19. The Morgan fingerprint density at radius 1 is 0.654 bits per heavy atom. The smallest absolute Gasteiger partial charge is 0.249 e. The van der Waals surface area contributed by atoms with E-state index in [0.717, 1.165) is 51.4 Å². The summed E-state index contributed by atoms with van der Waals surface area (Å²) in [6.07, 6.45) is 22.0. The van der Waals surface area contributed by atoms with Gasteiger partial charge in [-0.25, -0.2) is 0 Å². The molecule has 304 valence electrons. The second-order valence-corrected chi connectivity index (χ2v) is 14.3. The average Bonchev–Trinajstić information content (AvgIpc) is 3.14. The number of amides is 1. The topological polar surface area (TPSA) is 189 Å². The zero-order valence-corrected chi connectivity index (χ0v) is 32.3. The molecule has 1 heterocycles. The molecule has 0 saturated carbocycles. The third kappa shape index (κ3) is 21.9. The predicted molar refractivity (Wildman–Crippen MR) is 205 cm³/mol. The lowest BCUT2D eigenvalue weighted by Crippen LogP contribution is -2.60. The van der Waals surface area contributed by atoms with Gasteiger partial charge in [0.2, 0.25) is 5.91 Å². The second-order valence-electron chi connectivity index (χ2n) is 14.3. The molecule has 0 radical (unpaired) electrons. The van der Waals surface area contributed by atoms with Crippen LogP contribution >= 0.6 is 0 Å². The molecule has 0 aromatic heterocycles. The molecule has 9 atom stereocenters. The van der Waals surface area contributed by atoms with Crippen molar-refractivity contribution in [1.82, 2.24) is 5.32 Å². The van der Waals surface area contributed by atoms with Gasteiger partial charge in [0, 0.05) is 0 Å². The van der Waals surface area contributed by atoms with E-state index in [1.165, 1.54) is 51.4 Å². The van der Waals surface area contributed by atoms with Gasteiger partial charge < -0.3 is 50.5 Å². The number of nitrogens with one attached hydrogen (secondary N) is 1. The van der Waals surface area contributed by atoms with E-state index in [-0.39, 0.29) is 12.8 Å². The summed E-state index contributed by atoms with van der Waals surface area (Å²) in [5.41, 5.74) is 0. The second kappa shape index (κ2) is 31.7. The van der Waals surface area contributed by atoms with E-state index in [2.05, 4.69) is 49.5 Å². The van der Waals surface area contributed by atoms with Crippen LogP contribution in [0.3, 0.4) is 0 Å². The number of aliphatic hydroxyl groups is 7. The summed E-state index contributed by atoms with van der Waals surface area (Å²) >= 11 is 0. The Bertz CT molecular complexity index is 945. The van der Waals surface area contributed by atoms with Crippen molar-refractivity contribution in [2.45, 2.75) is 204 Å². The number of ether oxygens (including phenoxy) is 2. The van der Waals surface area contributed by atoms with E-state index < -0.39 is 74.2 Å². The summed E-state index contributed by atoms with van der Waals surface area (Å²) < 4.78 is 11.0. The van der Waals surface area contributed by atoms with Gasteiger partial charge in [0.1, 0.15) is 36.6 Å². The molecule has 52 heavy (non-hydrogen) atoms. The molecule has 1 saturated heterocycles. The summed E-state index contributed by atoms with van der Waals surface area (Å²) in [6.45, 7) is 3.30. The van der Waals surface area contributed by atoms with E-state index in [1.807, 2.05) is 6.08 Å². The zero-order chi connectivity index (χ0) is 38.4. The maximum absolute atomic E-state index is 13.0. The van der Waals surface area contributed by atoms with Gasteiger partial charge in [-0.1, -0.05) is 127 Å². The van der Waals surface area contributed by atoms with Crippen molar-refractivity contribution in [3.05, 3.63) is 36.5 Å². The van der Waals surface area contributed by atoms with Crippen molar-refractivity contribution in [3.63, 3.8) is 0 Å². The Morgan fingerprint density at radius 3 is 1.71 bits per heavy atom. The molecule has 11 nitrogen and oxygen atoms in total.